The molecule has 1 aliphatic rings. The maximum atomic E-state index is 12.7. The predicted molar refractivity (Wildman–Crippen MR) is 125 cm³/mol. The fourth-order valence-electron chi connectivity index (χ4n) is 3.60. The average Bonchev–Trinajstić information content (AvgIpc) is 3.32. The molecule has 0 saturated carbocycles. The molecule has 0 fully saturated rings. The number of benzene rings is 1. The molecule has 7 nitrogen and oxygen atoms in total. The van der Waals surface area contributed by atoms with Crippen molar-refractivity contribution in [3.8, 4) is 11.5 Å². The van der Waals surface area contributed by atoms with Gasteiger partial charge in [0.05, 0.1) is 20.8 Å². The van der Waals surface area contributed by atoms with Gasteiger partial charge in [0, 0.05) is 37.5 Å². The van der Waals surface area contributed by atoms with Gasteiger partial charge in [0.2, 0.25) is 5.91 Å². The lowest BCUT2D eigenvalue weighted by atomic mass is 9.98. The van der Waals surface area contributed by atoms with Gasteiger partial charge < -0.3 is 25.0 Å². The number of hydrogen-bond donors (Lipinski definition) is 2. The molecule has 2 N–H and O–H groups in total. The second-order valence-electron chi connectivity index (χ2n) is 7.35. The van der Waals surface area contributed by atoms with Gasteiger partial charge in [-0.05, 0) is 54.5 Å². The number of hydrogen-bond acceptors (Lipinski definition) is 5. The fourth-order valence-corrected chi connectivity index (χ4v) is 4.23. The molecular weight excluding hydrogens is 412 g/mol. The summed E-state index contributed by atoms with van der Waals surface area (Å²) in [6, 6.07) is 8.13. The Morgan fingerprint density at radius 1 is 1.19 bits per heavy atom. The van der Waals surface area contributed by atoms with Crippen molar-refractivity contribution in [2.45, 2.75) is 39.3 Å². The minimum Gasteiger partial charge on any atom is -0.493 e. The third-order valence-electron chi connectivity index (χ3n) is 5.25. The zero-order valence-corrected chi connectivity index (χ0v) is 19.4. The summed E-state index contributed by atoms with van der Waals surface area (Å²) in [4.78, 5) is 20.5. The van der Waals surface area contributed by atoms with Crippen LogP contribution >= 0.6 is 11.3 Å². The van der Waals surface area contributed by atoms with Crippen LogP contribution in [0.4, 0.5) is 0 Å². The van der Waals surface area contributed by atoms with Crippen LogP contribution in [0.15, 0.2) is 34.6 Å². The van der Waals surface area contributed by atoms with Gasteiger partial charge in [0.1, 0.15) is 0 Å². The van der Waals surface area contributed by atoms with Gasteiger partial charge in [0.25, 0.3) is 0 Å². The third-order valence-corrected chi connectivity index (χ3v) is 6.11. The van der Waals surface area contributed by atoms with Crippen LogP contribution in [0, 0.1) is 0 Å². The quantitative estimate of drug-likeness (QED) is 0.353. The number of amides is 1. The Morgan fingerprint density at radius 2 is 1.97 bits per heavy atom. The first-order chi connectivity index (χ1) is 15.1. The molecule has 0 bridgehead atoms. The van der Waals surface area contributed by atoms with Crippen LogP contribution in [-0.4, -0.2) is 50.6 Å². The van der Waals surface area contributed by atoms with Crippen molar-refractivity contribution in [2.75, 3.05) is 33.9 Å². The van der Waals surface area contributed by atoms with E-state index in [0.29, 0.717) is 31.8 Å². The lowest BCUT2D eigenvalue weighted by Crippen LogP contribution is -2.39. The number of thiophene rings is 1. The molecule has 1 aliphatic heterocycles. The van der Waals surface area contributed by atoms with E-state index < -0.39 is 0 Å². The lowest BCUT2D eigenvalue weighted by Gasteiger charge is -2.29. The molecule has 31 heavy (non-hydrogen) atoms. The molecule has 0 spiro atoms. The molecule has 3 rings (SSSR count). The van der Waals surface area contributed by atoms with E-state index in [9.17, 15) is 4.79 Å². The number of nitrogens with zero attached hydrogens (tertiary/aromatic N) is 2. The first-order valence-corrected chi connectivity index (χ1v) is 11.6. The highest BCUT2D eigenvalue weighted by atomic mass is 32.1. The number of carbonyl (C=O) groups is 1. The van der Waals surface area contributed by atoms with Crippen molar-refractivity contribution < 1.29 is 14.3 Å². The van der Waals surface area contributed by atoms with Gasteiger partial charge >= 0.3 is 0 Å². The van der Waals surface area contributed by atoms with E-state index in [2.05, 4.69) is 27.1 Å². The van der Waals surface area contributed by atoms with E-state index in [1.165, 1.54) is 10.4 Å². The molecule has 1 amide bonds. The Bertz CT molecular complexity index is 883. The molecule has 1 aromatic heterocycles. The first-order valence-electron chi connectivity index (χ1n) is 10.7. The van der Waals surface area contributed by atoms with Crippen LogP contribution in [0.2, 0.25) is 0 Å². The predicted octanol–water partition coefficient (Wildman–Crippen LogP) is 3.19. The molecule has 2 aromatic rings. The highest BCUT2D eigenvalue weighted by Gasteiger charge is 2.22. The van der Waals surface area contributed by atoms with Gasteiger partial charge in [-0.2, -0.15) is 0 Å². The van der Waals surface area contributed by atoms with Gasteiger partial charge in [-0.25, -0.2) is 4.99 Å². The number of aliphatic imine (C=N–C) groups is 1. The van der Waals surface area contributed by atoms with E-state index >= 15 is 0 Å². The standard InChI is InChI=1S/C23H32N4O3S/c1-4-24-23(26-15-19-7-6-12-31-19)25-10-5-8-22(28)27-11-9-17-13-20(29-2)21(30-3)14-18(17)16-27/h6-7,12-14H,4-5,8-11,15-16H2,1-3H3,(H2,24,25,26). The molecule has 0 aliphatic carbocycles. The van der Waals surface area contributed by atoms with Crippen LogP contribution in [0.5, 0.6) is 11.5 Å². The van der Waals surface area contributed by atoms with Gasteiger partial charge in [0.15, 0.2) is 17.5 Å². The Hall–Kier alpha value is -2.74. The summed E-state index contributed by atoms with van der Waals surface area (Å²) in [6.45, 7) is 5.57. The minimum absolute atomic E-state index is 0.183. The SMILES string of the molecule is CCNC(=NCc1cccs1)NCCCC(=O)N1CCc2cc(OC)c(OC)cc2C1. The summed E-state index contributed by atoms with van der Waals surface area (Å²) in [6.07, 6.45) is 2.11. The lowest BCUT2D eigenvalue weighted by molar-refractivity contribution is -0.132. The highest BCUT2D eigenvalue weighted by Crippen LogP contribution is 2.33. The van der Waals surface area contributed by atoms with Gasteiger partial charge in [-0.1, -0.05) is 6.07 Å². The Labute approximate surface area is 188 Å². The Balaban J connectivity index is 1.47. The molecule has 0 saturated heterocycles. The van der Waals surface area contributed by atoms with E-state index in [1.54, 1.807) is 25.6 Å². The summed E-state index contributed by atoms with van der Waals surface area (Å²) >= 11 is 1.70. The van der Waals surface area contributed by atoms with Crippen molar-refractivity contribution >= 4 is 23.2 Å². The summed E-state index contributed by atoms with van der Waals surface area (Å²) in [5.41, 5.74) is 2.35. The van der Waals surface area contributed by atoms with Crippen molar-refractivity contribution in [1.82, 2.24) is 15.5 Å². The molecule has 8 heteroatoms. The zero-order chi connectivity index (χ0) is 22.1. The van der Waals surface area contributed by atoms with E-state index in [4.69, 9.17) is 9.47 Å². The van der Waals surface area contributed by atoms with E-state index in [0.717, 1.165) is 43.2 Å². The Kier molecular flexibility index (Phi) is 8.58. The van der Waals surface area contributed by atoms with Crippen LogP contribution < -0.4 is 20.1 Å². The number of fused-ring (bicyclic) bond motifs is 1. The molecule has 0 unspecified atom stereocenters. The van der Waals surface area contributed by atoms with Gasteiger partial charge in [-0.15, -0.1) is 11.3 Å². The summed E-state index contributed by atoms with van der Waals surface area (Å²) in [7, 11) is 3.28. The van der Waals surface area contributed by atoms with Crippen molar-refractivity contribution in [1.29, 1.82) is 0 Å². The van der Waals surface area contributed by atoms with Crippen LogP contribution in [-0.2, 0) is 24.3 Å². The normalized spacial score (nSPS) is 13.5. The van der Waals surface area contributed by atoms with E-state index in [1.807, 2.05) is 30.0 Å². The van der Waals surface area contributed by atoms with Crippen molar-refractivity contribution in [2.24, 2.45) is 4.99 Å². The van der Waals surface area contributed by atoms with Crippen molar-refractivity contribution in [3.63, 3.8) is 0 Å². The highest BCUT2D eigenvalue weighted by molar-refractivity contribution is 7.09. The maximum absolute atomic E-state index is 12.7. The topological polar surface area (TPSA) is 75.2 Å². The Morgan fingerprint density at radius 3 is 2.65 bits per heavy atom. The molecule has 0 radical (unpaired) electrons. The number of ether oxygens (including phenoxy) is 2. The fraction of sp³-hybridized carbons (Fsp3) is 0.478. The van der Waals surface area contributed by atoms with Gasteiger partial charge in [-0.3, -0.25) is 4.79 Å². The smallest absolute Gasteiger partial charge is 0.222 e. The summed E-state index contributed by atoms with van der Waals surface area (Å²) in [5, 5.41) is 8.64. The summed E-state index contributed by atoms with van der Waals surface area (Å²) < 4.78 is 10.8. The molecule has 0 atom stereocenters. The van der Waals surface area contributed by atoms with Crippen LogP contribution in [0.25, 0.3) is 0 Å². The number of carbonyl (C=O) groups excluding carboxylic acids is 1. The zero-order valence-electron chi connectivity index (χ0n) is 18.6. The third kappa shape index (κ3) is 6.37. The number of guanidine groups is 1. The first kappa shape index (κ1) is 22.9. The molecule has 168 valence electrons. The number of methoxy groups -OCH3 is 2. The van der Waals surface area contributed by atoms with Crippen LogP contribution in [0.3, 0.4) is 0 Å². The maximum Gasteiger partial charge on any atom is 0.222 e. The number of nitrogens with one attached hydrogen (secondary N) is 2. The van der Waals surface area contributed by atoms with E-state index in [-0.39, 0.29) is 5.91 Å². The molecule has 1 aromatic carbocycles. The second kappa shape index (κ2) is 11.6. The minimum atomic E-state index is 0.183. The monoisotopic (exact) mass is 444 g/mol. The molecular formula is C23H32N4O3S. The average molecular weight is 445 g/mol. The van der Waals surface area contributed by atoms with Crippen molar-refractivity contribution in [3.05, 3.63) is 45.6 Å². The molecule has 2 heterocycles. The number of rotatable bonds is 9. The largest absolute Gasteiger partial charge is 0.493 e. The van der Waals surface area contributed by atoms with Crippen LogP contribution in [0.1, 0.15) is 35.8 Å². The second-order valence-corrected chi connectivity index (χ2v) is 8.38. The summed E-state index contributed by atoms with van der Waals surface area (Å²) in [5.74, 6) is 2.42.